The Morgan fingerprint density at radius 1 is 0.870 bits per heavy atom. The zero-order valence-corrected chi connectivity index (χ0v) is 42.6. The molecule has 17 nitrogen and oxygen atoms in total. The van der Waals surface area contributed by atoms with Crippen molar-refractivity contribution in [2.24, 2.45) is 35.5 Å². The smallest absolute Gasteiger partial charge is 0.326 e. The van der Waals surface area contributed by atoms with Crippen LogP contribution in [0.3, 0.4) is 0 Å². The third-order valence-corrected chi connectivity index (χ3v) is 14.7. The molecule has 0 spiro atoms. The molecule has 12 atom stereocenters. The van der Waals surface area contributed by atoms with Crippen molar-refractivity contribution >= 4 is 47.3 Å². The molecule has 384 valence electrons. The third kappa shape index (κ3) is 13.6. The fourth-order valence-electron chi connectivity index (χ4n) is 10.4. The molecule has 0 radical (unpaired) electrons. The summed E-state index contributed by atoms with van der Waals surface area (Å²) in [4.78, 5) is 113. The standard InChI is InChI=1S/C51H77FN6O11/c1-13-30(6)45(56(10)50(65)43(28(2)3)54-49(64)44(29(4)5)55(9)39(59)21-15-14-18-24-57-40(60)22-23-41(57)61)38(68-11)27-42(62)58-37(26-34-31(7)46(34)58)47(69-12)32(8)48(63)53-36(51(66)67)25-33-19-16-17-20-35(33)52/h16-17,19-20,22-23,28-32,34,36-38,43-47H,13-15,18,21,24-27H2,1-12H3,(H,53,63)(H,54,64)(H,66,67)/t30-,31-,32+,34+,36-,37-,38+,43-,44-,45-,46-,47+/m0/s1. The highest BCUT2D eigenvalue weighted by molar-refractivity contribution is 6.12. The van der Waals surface area contributed by atoms with Gasteiger partial charge < -0.3 is 39.9 Å². The van der Waals surface area contributed by atoms with Gasteiger partial charge in [0.25, 0.3) is 11.8 Å². The molecular weight excluding hydrogens is 892 g/mol. The Balaban J connectivity index is 1.46. The lowest BCUT2D eigenvalue weighted by atomic mass is 9.89. The summed E-state index contributed by atoms with van der Waals surface area (Å²) in [6.07, 6.45) is 3.48. The summed E-state index contributed by atoms with van der Waals surface area (Å²) in [5.74, 6) is -5.94. The first-order chi connectivity index (χ1) is 32.5. The molecule has 4 rings (SSSR count). The van der Waals surface area contributed by atoms with E-state index in [1.54, 1.807) is 36.9 Å². The summed E-state index contributed by atoms with van der Waals surface area (Å²) in [5.41, 5.74) is 0.146. The first kappa shape index (κ1) is 56.4. The van der Waals surface area contributed by atoms with Crippen molar-refractivity contribution in [2.45, 2.75) is 155 Å². The number of hydrogen-bond donors (Lipinski definition) is 3. The first-order valence-electron chi connectivity index (χ1n) is 24.5. The lowest BCUT2D eigenvalue weighted by Gasteiger charge is -2.41. The van der Waals surface area contributed by atoms with Gasteiger partial charge in [-0.05, 0) is 60.5 Å². The average molecular weight is 969 g/mol. The fraction of sp³-hybridized carbons (Fsp3) is 0.686. The summed E-state index contributed by atoms with van der Waals surface area (Å²) in [7, 11) is 6.17. The summed E-state index contributed by atoms with van der Waals surface area (Å²) in [6, 6.07) is 1.24. The molecular formula is C51H77FN6O11. The molecule has 1 saturated carbocycles. The van der Waals surface area contributed by atoms with Gasteiger partial charge in [-0.15, -0.1) is 0 Å². The van der Waals surface area contributed by atoms with E-state index in [2.05, 4.69) is 17.6 Å². The van der Waals surface area contributed by atoms with E-state index in [0.29, 0.717) is 32.1 Å². The van der Waals surface area contributed by atoms with Crippen molar-refractivity contribution in [1.29, 1.82) is 0 Å². The molecule has 2 fully saturated rings. The van der Waals surface area contributed by atoms with Gasteiger partial charge in [-0.25, -0.2) is 9.18 Å². The van der Waals surface area contributed by atoms with Crippen LogP contribution in [0.2, 0.25) is 0 Å². The Labute approximate surface area is 407 Å². The number of ether oxygens (including phenoxy) is 2. The average Bonchev–Trinajstić information content (AvgIpc) is 3.56. The number of carbonyl (C=O) groups excluding carboxylic acids is 7. The van der Waals surface area contributed by atoms with E-state index in [1.807, 2.05) is 41.5 Å². The number of aliphatic carboxylic acids is 1. The minimum atomic E-state index is -1.41. The maximum absolute atomic E-state index is 14.7. The number of imide groups is 1. The number of methoxy groups -OCH3 is 2. The van der Waals surface area contributed by atoms with Gasteiger partial charge in [-0.2, -0.15) is 0 Å². The number of likely N-dealkylation sites (N-methyl/N-ethyl adjacent to an activating group) is 2. The minimum Gasteiger partial charge on any atom is -0.480 e. The van der Waals surface area contributed by atoms with Crippen molar-refractivity contribution in [2.75, 3.05) is 34.9 Å². The Morgan fingerprint density at radius 3 is 2.06 bits per heavy atom. The van der Waals surface area contributed by atoms with E-state index in [4.69, 9.17) is 9.47 Å². The number of likely N-dealkylation sites (tertiary alicyclic amines) is 1. The Bertz CT molecular complexity index is 2030. The number of carboxylic acids is 1. The minimum absolute atomic E-state index is 0.108. The van der Waals surface area contributed by atoms with E-state index in [1.165, 1.54) is 49.5 Å². The second-order valence-corrected chi connectivity index (χ2v) is 20.0. The number of fused-ring (bicyclic) bond motifs is 1. The van der Waals surface area contributed by atoms with Gasteiger partial charge in [0.05, 0.1) is 36.6 Å². The van der Waals surface area contributed by atoms with Gasteiger partial charge in [0, 0.05) is 65.9 Å². The van der Waals surface area contributed by atoms with Crippen LogP contribution >= 0.6 is 0 Å². The van der Waals surface area contributed by atoms with Gasteiger partial charge in [0.15, 0.2) is 0 Å². The number of nitrogens with zero attached hydrogens (tertiary/aromatic N) is 4. The van der Waals surface area contributed by atoms with Crippen LogP contribution in [0.15, 0.2) is 36.4 Å². The zero-order chi connectivity index (χ0) is 51.6. The van der Waals surface area contributed by atoms with Crippen LogP contribution < -0.4 is 10.6 Å². The van der Waals surface area contributed by atoms with Crippen LogP contribution in [0.4, 0.5) is 4.39 Å². The number of hydrogen-bond acceptors (Lipinski definition) is 10. The number of halogens is 1. The number of benzene rings is 1. The molecule has 1 aromatic rings. The quantitative estimate of drug-likeness (QED) is 0.0840. The van der Waals surface area contributed by atoms with Crippen molar-refractivity contribution in [3.05, 3.63) is 47.8 Å². The first-order valence-corrected chi connectivity index (χ1v) is 24.5. The number of nitrogens with one attached hydrogen (secondary N) is 2. The van der Waals surface area contributed by atoms with E-state index >= 15 is 0 Å². The second-order valence-electron chi connectivity index (χ2n) is 20.0. The van der Waals surface area contributed by atoms with Crippen LogP contribution in [0.5, 0.6) is 0 Å². The van der Waals surface area contributed by atoms with Crippen LogP contribution in [0.25, 0.3) is 0 Å². The van der Waals surface area contributed by atoms with Gasteiger partial charge in [-0.1, -0.05) is 86.4 Å². The van der Waals surface area contributed by atoms with Crippen LogP contribution in [-0.4, -0.2) is 155 Å². The van der Waals surface area contributed by atoms with Crippen molar-refractivity contribution in [1.82, 2.24) is 30.2 Å². The Kier molecular flexibility index (Phi) is 20.5. The molecule has 69 heavy (non-hydrogen) atoms. The normalized spacial score (nSPS) is 22.1. The van der Waals surface area contributed by atoms with E-state index in [-0.39, 0.29) is 96.5 Å². The predicted octanol–water partition coefficient (Wildman–Crippen LogP) is 4.21. The molecule has 1 saturated heterocycles. The molecule has 3 N–H and O–H groups in total. The molecule has 1 aromatic carbocycles. The van der Waals surface area contributed by atoms with Gasteiger partial charge >= 0.3 is 5.97 Å². The van der Waals surface area contributed by atoms with Crippen molar-refractivity contribution in [3.8, 4) is 0 Å². The molecule has 0 unspecified atom stereocenters. The fourth-order valence-corrected chi connectivity index (χ4v) is 10.4. The topological polar surface area (TPSA) is 212 Å². The van der Waals surface area contributed by atoms with Crippen molar-refractivity contribution < 1.29 is 57.3 Å². The van der Waals surface area contributed by atoms with E-state index in [9.17, 15) is 47.9 Å². The SMILES string of the molecule is CC[C@H](C)[C@@H]([C@@H](CC(=O)N1[C@H]2[C@@H](C)[C@H]2C[C@H]1[C@H](OC)[C@@H](C)C(=O)N[C@@H](Cc1ccccc1F)C(=O)O)OC)N(C)C(=O)[C@@H](NC(=O)[C@H](C(C)C)N(C)C(=O)CCCCCN1C(=O)C=CC1=O)C(C)C. The van der Waals surface area contributed by atoms with Crippen LogP contribution in [0.1, 0.15) is 106 Å². The Morgan fingerprint density at radius 2 is 1.51 bits per heavy atom. The zero-order valence-electron chi connectivity index (χ0n) is 42.6. The predicted molar refractivity (Wildman–Crippen MR) is 255 cm³/mol. The van der Waals surface area contributed by atoms with E-state index < -0.39 is 71.9 Å². The summed E-state index contributed by atoms with van der Waals surface area (Å²) in [5, 5.41) is 15.5. The highest BCUT2D eigenvalue weighted by Gasteiger charge is 2.62. The van der Waals surface area contributed by atoms with Crippen LogP contribution in [0, 0.1) is 41.3 Å². The van der Waals surface area contributed by atoms with Crippen LogP contribution in [-0.2, 0) is 54.3 Å². The van der Waals surface area contributed by atoms with Gasteiger partial charge in [0.1, 0.15) is 23.9 Å². The molecule has 0 aromatic heterocycles. The molecule has 2 aliphatic heterocycles. The Hall–Kier alpha value is -5.23. The van der Waals surface area contributed by atoms with E-state index in [0.717, 1.165) is 4.90 Å². The number of carboxylic acid groups (broad SMARTS) is 1. The maximum atomic E-state index is 14.7. The summed E-state index contributed by atoms with van der Waals surface area (Å²) in [6.45, 7) is 15.2. The largest absolute Gasteiger partial charge is 0.480 e. The molecule has 0 bridgehead atoms. The lowest BCUT2D eigenvalue weighted by Crippen LogP contribution is -2.60. The number of piperidine rings is 1. The number of unbranched alkanes of at least 4 members (excludes halogenated alkanes) is 2. The van der Waals surface area contributed by atoms with Gasteiger partial charge in [0.2, 0.25) is 29.5 Å². The molecule has 1 aliphatic carbocycles. The third-order valence-electron chi connectivity index (χ3n) is 14.7. The van der Waals surface area contributed by atoms with Crippen molar-refractivity contribution in [3.63, 3.8) is 0 Å². The number of amides is 7. The maximum Gasteiger partial charge on any atom is 0.326 e. The lowest BCUT2D eigenvalue weighted by molar-refractivity contribution is -0.150. The number of carbonyl (C=O) groups is 8. The highest BCUT2D eigenvalue weighted by atomic mass is 19.1. The second kappa shape index (κ2) is 25.1. The summed E-state index contributed by atoms with van der Waals surface area (Å²) < 4.78 is 26.5. The molecule has 3 aliphatic rings. The van der Waals surface area contributed by atoms with Gasteiger partial charge in [-0.3, -0.25) is 38.5 Å². The highest BCUT2D eigenvalue weighted by Crippen LogP contribution is 2.54. The monoisotopic (exact) mass is 969 g/mol. The molecule has 2 heterocycles. The summed E-state index contributed by atoms with van der Waals surface area (Å²) >= 11 is 0. The molecule has 7 amide bonds. The number of rotatable bonds is 27. The molecule has 18 heteroatoms.